The Morgan fingerprint density at radius 2 is 1.72 bits per heavy atom. The van der Waals surface area contributed by atoms with E-state index in [1.54, 1.807) is 37.5 Å². The molecule has 39 heavy (non-hydrogen) atoms. The lowest BCUT2D eigenvalue weighted by Crippen LogP contribution is -2.24. The zero-order valence-corrected chi connectivity index (χ0v) is 22.9. The largest absolute Gasteiger partial charge is 0.494 e. The van der Waals surface area contributed by atoms with Crippen LogP contribution in [0, 0.1) is 5.82 Å². The molecule has 16 heteroatoms. The summed E-state index contributed by atoms with van der Waals surface area (Å²) in [4.78, 5) is -0.524. The van der Waals surface area contributed by atoms with Crippen LogP contribution in [0.25, 0.3) is 17.2 Å². The molecule has 0 aliphatic carbocycles. The number of ether oxygens (including phenoxy) is 2. The van der Waals surface area contributed by atoms with E-state index in [2.05, 4.69) is 20.0 Å². The summed E-state index contributed by atoms with van der Waals surface area (Å²) in [6.07, 6.45) is 0.670. The van der Waals surface area contributed by atoms with Crippen LogP contribution in [-0.4, -0.2) is 72.7 Å². The van der Waals surface area contributed by atoms with Crippen LogP contribution < -0.4 is 14.2 Å². The first-order valence-electron chi connectivity index (χ1n) is 11.2. The minimum atomic E-state index is -4.41. The normalized spacial score (nSPS) is 12.8. The Morgan fingerprint density at radius 3 is 2.28 bits per heavy atom. The maximum Gasteiger partial charge on any atom is 0.243 e. The minimum Gasteiger partial charge on any atom is -0.494 e. The number of methoxy groups -OCH3 is 2. The molecule has 4 rings (SSSR count). The highest BCUT2D eigenvalue weighted by Gasteiger charge is 2.29. The lowest BCUT2D eigenvalue weighted by Gasteiger charge is -2.18. The van der Waals surface area contributed by atoms with Gasteiger partial charge in [-0.05, 0) is 30.3 Å². The van der Waals surface area contributed by atoms with E-state index in [4.69, 9.17) is 9.47 Å². The van der Waals surface area contributed by atoms with Crippen LogP contribution in [0.15, 0.2) is 53.6 Å². The van der Waals surface area contributed by atoms with Gasteiger partial charge in [0.15, 0.2) is 15.7 Å². The number of nitrogens with zero attached hydrogens (tertiary/aromatic N) is 5. The number of nitrogens with one attached hydrogen (secondary N) is 1. The third-order valence-corrected chi connectivity index (χ3v) is 7.99. The number of benzene rings is 2. The Kier molecular flexibility index (Phi) is 7.63. The van der Waals surface area contributed by atoms with Gasteiger partial charge in [0.05, 0.1) is 31.0 Å². The molecule has 2 N–H and O–H groups in total. The third-order valence-electron chi connectivity index (χ3n) is 5.59. The predicted molar refractivity (Wildman–Crippen MR) is 139 cm³/mol. The van der Waals surface area contributed by atoms with Crippen LogP contribution in [-0.2, 0) is 26.9 Å². The van der Waals surface area contributed by atoms with Gasteiger partial charge in [-0.1, -0.05) is 12.1 Å². The van der Waals surface area contributed by atoms with Crippen molar-refractivity contribution in [1.29, 1.82) is 0 Å². The van der Waals surface area contributed by atoms with E-state index < -0.39 is 42.4 Å². The number of anilines is 1. The second-order valence-corrected chi connectivity index (χ2v) is 12.2. The number of rotatable bonds is 10. The Bertz CT molecular complexity index is 1710. The van der Waals surface area contributed by atoms with Crippen molar-refractivity contribution in [3.8, 4) is 28.7 Å². The second-order valence-electron chi connectivity index (χ2n) is 8.42. The van der Waals surface area contributed by atoms with Gasteiger partial charge in [-0.3, -0.25) is 14.0 Å². The van der Waals surface area contributed by atoms with Crippen molar-refractivity contribution in [1.82, 2.24) is 24.5 Å². The first kappa shape index (κ1) is 28.0. The van der Waals surface area contributed by atoms with E-state index in [1.165, 1.54) is 23.5 Å². The first-order chi connectivity index (χ1) is 18.3. The van der Waals surface area contributed by atoms with Gasteiger partial charge in [-0.2, -0.15) is 5.10 Å². The zero-order chi connectivity index (χ0) is 28.5. The SMILES string of the molecule is COc1cccc(OC)c1-n1c(NS(=O)(=O)C[C@H](O)c2ccc(F)cc2S(C)(=O)=O)nnc1-c1ccn(C)n1. The standard InChI is InChI=1S/C23H25FN6O7S2/c1-29-11-10-16(27-29)22-25-26-23(30(22)21-18(36-2)6-5-7-19(21)37-3)28-39(34,35)13-17(31)15-9-8-14(24)12-20(15)38(4,32)33/h5-12,17,31H,13H2,1-4H3,(H,26,28)/t17-/m0/s1. The summed E-state index contributed by atoms with van der Waals surface area (Å²) in [6.45, 7) is 0. The molecule has 0 radical (unpaired) electrons. The van der Waals surface area contributed by atoms with Gasteiger partial charge in [0.25, 0.3) is 0 Å². The van der Waals surface area contributed by atoms with Crippen LogP contribution in [0.1, 0.15) is 11.7 Å². The molecule has 0 bridgehead atoms. The van der Waals surface area contributed by atoms with Crippen molar-refractivity contribution in [3.05, 3.63) is 60.0 Å². The summed E-state index contributed by atoms with van der Waals surface area (Å²) in [5, 5.41) is 23.1. The highest BCUT2D eigenvalue weighted by Crippen LogP contribution is 2.37. The maximum absolute atomic E-state index is 13.7. The van der Waals surface area contributed by atoms with Crippen molar-refractivity contribution in [2.24, 2.45) is 7.05 Å². The van der Waals surface area contributed by atoms with Crippen molar-refractivity contribution >= 4 is 25.8 Å². The fourth-order valence-corrected chi connectivity index (χ4v) is 5.95. The van der Waals surface area contributed by atoms with Gasteiger partial charge in [0, 0.05) is 25.1 Å². The van der Waals surface area contributed by atoms with Crippen LogP contribution >= 0.6 is 0 Å². The highest BCUT2D eigenvalue weighted by atomic mass is 32.2. The summed E-state index contributed by atoms with van der Waals surface area (Å²) in [5.74, 6) is -1.36. The molecule has 0 aliphatic rings. The summed E-state index contributed by atoms with van der Waals surface area (Å²) < 4.78 is 80.5. The van der Waals surface area contributed by atoms with E-state index >= 15 is 0 Å². The van der Waals surface area contributed by atoms with Gasteiger partial charge in [-0.15, -0.1) is 10.2 Å². The smallest absolute Gasteiger partial charge is 0.243 e. The number of para-hydroxylation sites is 1. The monoisotopic (exact) mass is 580 g/mol. The predicted octanol–water partition coefficient (Wildman–Crippen LogP) is 1.70. The molecule has 0 saturated carbocycles. The van der Waals surface area contributed by atoms with Crippen LogP contribution in [0.4, 0.5) is 10.3 Å². The number of aliphatic hydroxyl groups is 1. The molecule has 2 heterocycles. The first-order valence-corrected chi connectivity index (χ1v) is 14.7. The summed E-state index contributed by atoms with van der Waals surface area (Å²) in [5.41, 5.74) is 0.350. The van der Waals surface area contributed by atoms with Crippen LogP contribution in [0.2, 0.25) is 0 Å². The summed E-state index contributed by atoms with van der Waals surface area (Å²) >= 11 is 0. The Labute approximate surface area is 223 Å². The number of halogens is 1. The number of hydrogen-bond donors (Lipinski definition) is 2. The number of hydrogen-bond acceptors (Lipinski definition) is 10. The Hall–Kier alpha value is -4.02. The molecule has 0 amide bonds. The average Bonchev–Trinajstić information content (AvgIpc) is 3.47. The zero-order valence-electron chi connectivity index (χ0n) is 21.2. The van der Waals surface area contributed by atoms with E-state index in [0.717, 1.165) is 24.5 Å². The molecule has 1 atom stereocenters. The van der Waals surface area contributed by atoms with Gasteiger partial charge < -0.3 is 14.6 Å². The lowest BCUT2D eigenvalue weighted by molar-refractivity contribution is 0.198. The van der Waals surface area contributed by atoms with Crippen LogP contribution in [0.3, 0.4) is 0 Å². The maximum atomic E-state index is 13.7. The second kappa shape index (κ2) is 10.6. The molecule has 208 valence electrons. The van der Waals surface area contributed by atoms with Crippen molar-refractivity contribution in [2.45, 2.75) is 11.0 Å². The molecule has 2 aromatic carbocycles. The van der Waals surface area contributed by atoms with Crippen molar-refractivity contribution in [3.63, 3.8) is 0 Å². The number of aromatic nitrogens is 5. The van der Waals surface area contributed by atoms with Gasteiger partial charge in [0.1, 0.15) is 28.7 Å². The molecule has 0 spiro atoms. The molecule has 4 aromatic rings. The van der Waals surface area contributed by atoms with Gasteiger partial charge in [0.2, 0.25) is 16.0 Å². The number of aliphatic hydroxyl groups excluding tert-OH is 1. The Morgan fingerprint density at radius 1 is 1.05 bits per heavy atom. The molecule has 0 fully saturated rings. The lowest BCUT2D eigenvalue weighted by atomic mass is 10.1. The average molecular weight is 581 g/mol. The molecule has 0 unspecified atom stereocenters. The van der Waals surface area contributed by atoms with Crippen LogP contribution in [0.5, 0.6) is 11.5 Å². The van der Waals surface area contributed by atoms with Gasteiger partial charge >= 0.3 is 0 Å². The van der Waals surface area contributed by atoms with Crippen molar-refractivity contribution in [2.75, 3.05) is 31.0 Å². The molecule has 13 nitrogen and oxygen atoms in total. The molecule has 0 aliphatic heterocycles. The quantitative estimate of drug-likeness (QED) is 0.282. The molecular formula is C23H25FN6O7S2. The summed E-state index contributed by atoms with van der Waals surface area (Å²) in [6, 6.07) is 9.24. The third kappa shape index (κ3) is 5.86. The van der Waals surface area contributed by atoms with E-state index in [-0.39, 0.29) is 23.0 Å². The number of sulfonamides is 1. The van der Waals surface area contributed by atoms with E-state index in [0.29, 0.717) is 17.2 Å². The molecule has 0 saturated heterocycles. The summed E-state index contributed by atoms with van der Waals surface area (Å²) in [7, 11) is -3.85. The number of sulfone groups is 1. The fourth-order valence-electron chi connectivity index (χ4n) is 3.90. The minimum absolute atomic E-state index is 0.148. The van der Waals surface area contributed by atoms with Crippen molar-refractivity contribution < 1.29 is 35.8 Å². The topological polar surface area (TPSA) is 168 Å². The van der Waals surface area contributed by atoms with Gasteiger partial charge in [-0.25, -0.2) is 21.2 Å². The highest BCUT2D eigenvalue weighted by molar-refractivity contribution is 7.92. The number of aryl methyl sites for hydroxylation is 1. The Balaban J connectivity index is 1.79. The molecule has 2 aromatic heterocycles. The molecular weight excluding hydrogens is 555 g/mol. The van der Waals surface area contributed by atoms with E-state index in [9.17, 15) is 26.3 Å². The van der Waals surface area contributed by atoms with E-state index in [1.807, 2.05) is 0 Å². The fraction of sp³-hybridized carbons (Fsp3) is 0.261.